The van der Waals surface area contributed by atoms with Crippen molar-refractivity contribution in [3.8, 4) is 0 Å². The Morgan fingerprint density at radius 2 is 2.73 bits per heavy atom. The minimum absolute atomic E-state index is 0.230. The molecule has 1 atom stereocenters. The number of thioether (sulfide) groups is 1. The summed E-state index contributed by atoms with van der Waals surface area (Å²) in [5.41, 5.74) is 0. The number of hydrogen-bond acceptors (Lipinski definition) is 3. The molecule has 0 aliphatic carbocycles. The second-order valence-electron chi connectivity index (χ2n) is 2.61. The molecule has 11 heavy (non-hydrogen) atoms. The van der Waals surface area contributed by atoms with Crippen molar-refractivity contribution in [1.29, 1.82) is 0 Å². The topological polar surface area (TPSA) is 29.5 Å². The molecular formula is C7H9NO2S. The molecule has 0 spiro atoms. The first-order valence-corrected chi connectivity index (χ1v) is 4.36. The fraction of sp³-hybridized carbons (Fsp3) is 0.571. The van der Waals surface area contributed by atoms with Crippen molar-refractivity contribution in [2.45, 2.75) is 11.8 Å². The van der Waals surface area contributed by atoms with Crippen LogP contribution in [0.4, 0.5) is 0 Å². The molecule has 0 aromatic heterocycles. The molecule has 2 heterocycles. The zero-order valence-corrected chi connectivity index (χ0v) is 7.06. The van der Waals surface area contributed by atoms with E-state index in [0.29, 0.717) is 18.4 Å². The van der Waals surface area contributed by atoms with Gasteiger partial charge in [-0.15, -0.1) is 11.8 Å². The highest BCUT2D eigenvalue weighted by molar-refractivity contribution is 8.04. The molecule has 0 aromatic carbocycles. The van der Waals surface area contributed by atoms with Gasteiger partial charge >= 0.3 is 0 Å². The highest BCUT2D eigenvalue weighted by Gasteiger charge is 2.40. The van der Waals surface area contributed by atoms with Crippen LogP contribution in [0.2, 0.25) is 0 Å². The Bertz CT molecular complexity index is 226. The summed E-state index contributed by atoms with van der Waals surface area (Å²) in [5, 5.41) is 0.382. The SMILES string of the molecule is COCC1=CN2C(=O)C[C@H]2S1. The molecule has 1 saturated heterocycles. The molecular weight excluding hydrogens is 162 g/mol. The van der Waals surface area contributed by atoms with Crippen molar-refractivity contribution in [2.24, 2.45) is 0 Å². The first-order chi connectivity index (χ1) is 5.31. The van der Waals surface area contributed by atoms with Crippen LogP contribution in [0.5, 0.6) is 0 Å². The minimum Gasteiger partial charge on any atom is -0.379 e. The molecule has 1 fully saturated rings. The van der Waals surface area contributed by atoms with Gasteiger partial charge in [-0.2, -0.15) is 0 Å². The summed E-state index contributed by atoms with van der Waals surface area (Å²) in [6.45, 7) is 0.630. The van der Waals surface area contributed by atoms with Gasteiger partial charge in [-0.25, -0.2) is 0 Å². The number of rotatable bonds is 2. The van der Waals surface area contributed by atoms with Crippen LogP contribution in [0.1, 0.15) is 6.42 Å². The first-order valence-electron chi connectivity index (χ1n) is 3.48. The fourth-order valence-corrected chi connectivity index (χ4v) is 2.46. The van der Waals surface area contributed by atoms with Crippen LogP contribution in [-0.4, -0.2) is 29.9 Å². The summed E-state index contributed by atoms with van der Waals surface area (Å²) in [7, 11) is 1.67. The van der Waals surface area contributed by atoms with Gasteiger partial charge in [-0.3, -0.25) is 4.79 Å². The molecule has 4 heteroatoms. The van der Waals surface area contributed by atoms with E-state index < -0.39 is 0 Å². The number of β-lactam (4-membered cyclic amide) rings is 1. The van der Waals surface area contributed by atoms with Gasteiger partial charge < -0.3 is 9.64 Å². The summed E-state index contributed by atoms with van der Waals surface area (Å²) >= 11 is 1.73. The average Bonchev–Trinajstić information content (AvgIpc) is 2.29. The van der Waals surface area contributed by atoms with Crippen LogP contribution in [0.15, 0.2) is 11.1 Å². The lowest BCUT2D eigenvalue weighted by Crippen LogP contribution is -2.44. The zero-order chi connectivity index (χ0) is 7.84. The third-order valence-electron chi connectivity index (χ3n) is 1.80. The van der Waals surface area contributed by atoms with Gasteiger partial charge in [-0.05, 0) is 0 Å². The number of ether oxygens (including phenoxy) is 1. The number of carbonyl (C=O) groups is 1. The van der Waals surface area contributed by atoms with E-state index in [0.717, 1.165) is 4.91 Å². The minimum atomic E-state index is 0.230. The van der Waals surface area contributed by atoms with E-state index >= 15 is 0 Å². The summed E-state index contributed by atoms with van der Waals surface area (Å²) in [6, 6.07) is 0. The van der Waals surface area contributed by atoms with Gasteiger partial charge in [0.25, 0.3) is 0 Å². The number of nitrogens with zero attached hydrogens (tertiary/aromatic N) is 1. The molecule has 1 amide bonds. The summed E-state index contributed by atoms with van der Waals surface area (Å²) in [4.78, 5) is 13.8. The fourth-order valence-electron chi connectivity index (χ4n) is 1.23. The normalized spacial score (nSPS) is 28.1. The molecule has 2 aliphatic rings. The molecule has 0 bridgehead atoms. The zero-order valence-electron chi connectivity index (χ0n) is 6.24. The van der Waals surface area contributed by atoms with Crippen LogP contribution in [0.3, 0.4) is 0 Å². The molecule has 0 unspecified atom stereocenters. The third-order valence-corrected chi connectivity index (χ3v) is 3.00. The van der Waals surface area contributed by atoms with Crippen LogP contribution >= 0.6 is 11.8 Å². The predicted octanol–water partition coefficient (Wildman–Crippen LogP) is 0.779. The van der Waals surface area contributed by atoms with E-state index in [-0.39, 0.29) is 5.91 Å². The Balaban J connectivity index is 2.00. The predicted molar refractivity (Wildman–Crippen MR) is 42.8 cm³/mol. The number of methoxy groups -OCH3 is 1. The molecule has 60 valence electrons. The Kier molecular flexibility index (Phi) is 1.65. The van der Waals surface area contributed by atoms with E-state index in [9.17, 15) is 4.79 Å². The second-order valence-corrected chi connectivity index (χ2v) is 3.91. The van der Waals surface area contributed by atoms with Crippen molar-refractivity contribution in [3.05, 3.63) is 11.1 Å². The highest BCUT2D eigenvalue weighted by atomic mass is 32.2. The number of hydrogen-bond donors (Lipinski definition) is 0. The van der Waals surface area contributed by atoms with Crippen LogP contribution in [0, 0.1) is 0 Å². The summed E-state index contributed by atoms with van der Waals surface area (Å²) in [6.07, 6.45) is 2.58. The maximum Gasteiger partial charge on any atom is 0.230 e. The third kappa shape index (κ3) is 1.06. The number of amides is 1. The van der Waals surface area contributed by atoms with E-state index in [2.05, 4.69) is 0 Å². The average molecular weight is 171 g/mol. The largest absolute Gasteiger partial charge is 0.379 e. The monoisotopic (exact) mass is 171 g/mol. The van der Waals surface area contributed by atoms with Gasteiger partial charge in [0.05, 0.1) is 18.4 Å². The van der Waals surface area contributed by atoms with Gasteiger partial charge in [-0.1, -0.05) is 0 Å². The van der Waals surface area contributed by atoms with E-state index in [4.69, 9.17) is 4.74 Å². The molecule has 0 radical (unpaired) electrons. The lowest BCUT2D eigenvalue weighted by molar-refractivity contribution is -0.137. The Labute approximate surface area is 69.4 Å². The van der Waals surface area contributed by atoms with E-state index in [1.807, 2.05) is 6.20 Å². The second kappa shape index (κ2) is 2.53. The summed E-state index contributed by atoms with van der Waals surface area (Å²) in [5.74, 6) is 0.230. The molecule has 3 nitrogen and oxygen atoms in total. The maximum atomic E-state index is 10.9. The lowest BCUT2D eigenvalue weighted by Gasteiger charge is -2.31. The van der Waals surface area contributed by atoms with Gasteiger partial charge in [0.1, 0.15) is 0 Å². The van der Waals surface area contributed by atoms with Gasteiger partial charge in [0.2, 0.25) is 5.91 Å². The van der Waals surface area contributed by atoms with Crippen LogP contribution < -0.4 is 0 Å². The lowest BCUT2D eigenvalue weighted by atomic mass is 10.2. The Hall–Kier alpha value is -0.480. The molecule has 2 aliphatic heterocycles. The first kappa shape index (κ1) is 7.18. The number of carbonyl (C=O) groups excluding carboxylic acids is 1. The van der Waals surface area contributed by atoms with Crippen molar-refractivity contribution >= 4 is 17.7 Å². The molecule has 0 aromatic rings. The highest BCUT2D eigenvalue weighted by Crippen LogP contribution is 2.41. The van der Waals surface area contributed by atoms with Crippen LogP contribution in [0.25, 0.3) is 0 Å². The maximum absolute atomic E-state index is 10.9. The van der Waals surface area contributed by atoms with Gasteiger partial charge in [0.15, 0.2) is 0 Å². The summed E-state index contributed by atoms with van der Waals surface area (Å²) < 4.78 is 4.96. The standard InChI is InChI=1S/C7H9NO2S/c1-10-4-5-3-8-6(9)2-7(8)11-5/h3,7H,2,4H2,1H3/t7-/m1/s1. The van der Waals surface area contributed by atoms with Crippen molar-refractivity contribution < 1.29 is 9.53 Å². The van der Waals surface area contributed by atoms with Crippen molar-refractivity contribution in [1.82, 2.24) is 4.90 Å². The quantitative estimate of drug-likeness (QED) is 0.575. The van der Waals surface area contributed by atoms with E-state index in [1.165, 1.54) is 0 Å². The smallest absolute Gasteiger partial charge is 0.230 e. The molecule has 0 N–H and O–H groups in total. The van der Waals surface area contributed by atoms with Crippen molar-refractivity contribution in [3.63, 3.8) is 0 Å². The Morgan fingerprint density at radius 3 is 3.27 bits per heavy atom. The number of fused-ring (bicyclic) bond motifs is 1. The molecule has 2 rings (SSSR count). The Morgan fingerprint density at radius 1 is 1.91 bits per heavy atom. The van der Waals surface area contributed by atoms with Crippen LogP contribution in [-0.2, 0) is 9.53 Å². The van der Waals surface area contributed by atoms with Crippen molar-refractivity contribution in [2.75, 3.05) is 13.7 Å². The van der Waals surface area contributed by atoms with Gasteiger partial charge in [0, 0.05) is 18.2 Å². The van der Waals surface area contributed by atoms with E-state index in [1.54, 1.807) is 23.8 Å². The molecule has 0 saturated carbocycles.